The third kappa shape index (κ3) is 2.84. The quantitative estimate of drug-likeness (QED) is 0.677. The van der Waals surface area contributed by atoms with Crippen LogP contribution in [-0.4, -0.2) is 26.0 Å². The van der Waals surface area contributed by atoms with Gasteiger partial charge in [-0.2, -0.15) is 0 Å². The number of hydrogen-bond acceptors (Lipinski definition) is 6. The molecule has 4 N–H and O–H groups in total. The lowest BCUT2D eigenvalue weighted by atomic mass is 10.2. The zero-order valence-electron chi connectivity index (χ0n) is 12.0. The van der Waals surface area contributed by atoms with E-state index in [1.165, 1.54) is 0 Å². The molecule has 0 aliphatic heterocycles. The van der Waals surface area contributed by atoms with Gasteiger partial charge < -0.3 is 15.8 Å². The minimum Gasteiger partial charge on any atom is -0.477 e. The molecule has 0 spiro atoms. The molecule has 23 heavy (non-hydrogen) atoms. The normalized spacial score (nSPS) is 11.3. The highest BCUT2D eigenvalue weighted by molar-refractivity contribution is 7.20. The summed E-state index contributed by atoms with van der Waals surface area (Å²) in [5.41, 5.74) is 6.40. The fourth-order valence-electron chi connectivity index (χ4n) is 2.13. The number of carbonyl (C=O) groups is 1. The second-order valence-corrected chi connectivity index (χ2v) is 5.84. The van der Waals surface area contributed by atoms with Gasteiger partial charge in [0, 0.05) is 6.20 Å². The van der Waals surface area contributed by atoms with Crippen molar-refractivity contribution in [2.75, 3.05) is 5.73 Å². The average Bonchev–Trinajstić information content (AvgIpc) is 2.84. The number of carboxylic acid groups (broad SMARTS) is 1. The summed E-state index contributed by atoms with van der Waals surface area (Å²) in [5, 5.41) is 9.46. The number of nitrogen functional groups attached to an aromatic ring is 1. The average molecular weight is 328 g/mol. The molecule has 3 aromatic rings. The molecule has 0 bridgehead atoms. The third-order valence-electron chi connectivity index (χ3n) is 3.26. The van der Waals surface area contributed by atoms with Gasteiger partial charge in [-0.25, -0.2) is 14.8 Å². The molecule has 0 unspecified atom stereocenters. The Morgan fingerprint density at radius 2 is 2.17 bits per heavy atom. The number of aromatic carboxylic acids is 1. The molecule has 0 saturated carbocycles. The second-order valence-electron chi connectivity index (χ2n) is 4.84. The highest BCUT2D eigenvalue weighted by atomic mass is 32.1. The molecule has 0 radical (unpaired) electrons. The molecule has 0 aliphatic carbocycles. The Balaban J connectivity index is 2.04. The molecule has 0 aliphatic rings. The molecule has 0 fully saturated rings. The minimum atomic E-state index is -1.06. The Labute approximate surface area is 134 Å². The van der Waals surface area contributed by atoms with Crippen LogP contribution in [0.3, 0.4) is 0 Å². The van der Waals surface area contributed by atoms with Crippen LogP contribution in [0.2, 0.25) is 0 Å². The maximum atomic E-state index is 12.2. The Hall–Kier alpha value is -3.00. The van der Waals surface area contributed by atoms with Crippen LogP contribution in [0.5, 0.6) is 0 Å². The van der Waals surface area contributed by atoms with Gasteiger partial charge >= 0.3 is 5.97 Å². The van der Waals surface area contributed by atoms with Crippen LogP contribution in [0.25, 0.3) is 22.4 Å². The number of carboxylic acids is 1. The van der Waals surface area contributed by atoms with Crippen LogP contribution in [0.1, 0.15) is 26.6 Å². The van der Waals surface area contributed by atoms with Crippen molar-refractivity contribution in [2.24, 2.45) is 0 Å². The van der Waals surface area contributed by atoms with Gasteiger partial charge in [0.15, 0.2) is 0 Å². The summed E-state index contributed by atoms with van der Waals surface area (Å²) in [4.78, 5) is 34.8. The second kappa shape index (κ2) is 5.65. The first kappa shape index (κ1) is 14.9. The van der Waals surface area contributed by atoms with Crippen molar-refractivity contribution in [3.8, 4) is 0 Å². The number of anilines is 1. The number of nitrogens with one attached hydrogen (secondary N) is 1. The molecule has 0 atom stereocenters. The van der Waals surface area contributed by atoms with Crippen LogP contribution in [0, 0.1) is 6.92 Å². The SMILES string of the molecule is Cc1c(C(=O)O)sc2nc(/C=C/c3ccc(N)nc3)[nH]c(=O)c12. The van der Waals surface area contributed by atoms with Gasteiger partial charge in [-0.3, -0.25) is 4.79 Å². The highest BCUT2D eigenvalue weighted by Gasteiger charge is 2.18. The summed E-state index contributed by atoms with van der Waals surface area (Å²) in [5.74, 6) is -0.294. The first-order valence-electron chi connectivity index (χ1n) is 6.62. The molecule has 3 aromatic heterocycles. The lowest BCUT2D eigenvalue weighted by Crippen LogP contribution is -2.09. The topological polar surface area (TPSA) is 122 Å². The van der Waals surface area contributed by atoms with Crippen molar-refractivity contribution in [1.29, 1.82) is 0 Å². The number of aromatic amines is 1. The van der Waals surface area contributed by atoms with E-state index in [2.05, 4.69) is 15.0 Å². The maximum Gasteiger partial charge on any atom is 0.346 e. The summed E-state index contributed by atoms with van der Waals surface area (Å²) in [7, 11) is 0. The first-order chi connectivity index (χ1) is 11.0. The van der Waals surface area contributed by atoms with Gasteiger partial charge in [0.2, 0.25) is 0 Å². The van der Waals surface area contributed by atoms with Crippen molar-refractivity contribution in [1.82, 2.24) is 15.0 Å². The summed E-state index contributed by atoms with van der Waals surface area (Å²) in [6, 6.07) is 3.45. The van der Waals surface area contributed by atoms with E-state index in [-0.39, 0.29) is 10.4 Å². The number of H-pyrrole nitrogens is 1. The van der Waals surface area contributed by atoms with Crippen molar-refractivity contribution >= 4 is 45.5 Å². The van der Waals surface area contributed by atoms with E-state index in [1.807, 2.05) is 0 Å². The van der Waals surface area contributed by atoms with Gasteiger partial charge in [-0.15, -0.1) is 11.3 Å². The van der Waals surface area contributed by atoms with E-state index in [4.69, 9.17) is 10.8 Å². The van der Waals surface area contributed by atoms with Gasteiger partial charge in [-0.1, -0.05) is 0 Å². The summed E-state index contributed by atoms with van der Waals surface area (Å²) in [6.45, 7) is 1.61. The highest BCUT2D eigenvalue weighted by Crippen LogP contribution is 2.26. The number of thiophene rings is 1. The van der Waals surface area contributed by atoms with Crippen molar-refractivity contribution < 1.29 is 9.90 Å². The Bertz CT molecular complexity index is 986. The molecule has 116 valence electrons. The van der Waals surface area contributed by atoms with E-state index in [0.717, 1.165) is 16.9 Å². The van der Waals surface area contributed by atoms with Crippen LogP contribution in [0.4, 0.5) is 5.82 Å². The van der Waals surface area contributed by atoms with Crippen LogP contribution < -0.4 is 11.3 Å². The molecule has 3 rings (SSSR count). The number of aromatic nitrogens is 3. The van der Waals surface area contributed by atoms with Crippen molar-refractivity contribution in [2.45, 2.75) is 6.92 Å². The number of rotatable bonds is 3. The van der Waals surface area contributed by atoms with Crippen LogP contribution in [-0.2, 0) is 0 Å². The lowest BCUT2D eigenvalue weighted by molar-refractivity contribution is 0.0701. The van der Waals surface area contributed by atoms with Gasteiger partial charge in [-0.05, 0) is 42.3 Å². The number of nitrogens with zero attached hydrogens (tertiary/aromatic N) is 2. The van der Waals surface area contributed by atoms with E-state index in [0.29, 0.717) is 27.4 Å². The van der Waals surface area contributed by atoms with Gasteiger partial charge in [0.05, 0.1) is 5.39 Å². The smallest absolute Gasteiger partial charge is 0.346 e. The summed E-state index contributed by atoms with van der Waals surface area (Å²) < 4.78 is 0. The van der Waals surface area contributed by atoms with E-state index < -0.39 is 5.97 Å². The Morgan fingerprint density at radius 3 is 2.83 bits per heavy atom. The Morgan fingerprint density at radius 1 is 1.39 bits per heavy atom. The standard InChI is InChI=1S/C15H12N4O3S/c1-7-11-13(20)18-10(19-14(11)23-12(7)15(21)22)5-3-8-2-4-9(16)17-6-8/h2-6H,1H3,(H2,16,17)(H,21,22)(H,18,19,20)/b5-3+. The predicted molar refractivity (Wildman–Crippen MR) is 89.5 cm³/mol. The van der Waals surface area contributed by atoms with E-state index in [1.54, 1.807) is 37.4 Å². The molecule has 0 amide bonds. The van der Waals surface area contributed by atoms with Crippen molar-refractivity contribution in [3.63, 3.8) is 0 Å². The van der Waals surface area contributed by atoms with Crippen LogP contribution in [0.15, 0.2) is 23.1 Å². The molecular weight excluding hydrogens is 316 g/mol. The molecule has 0 aromatic carbocycles. The van der Waals surface area contributed by atoms with E-state index >= 15 is 0 Å². The largest absolute Gasteiger partial charge is 0.477 e. The number of hydrogen-bond donors (Lipinski definition) is 3. The fourth-order valence-corrected chi connectivity index (χ4v) is 3.16. The summed E-state index contributed by atoms with van der Waals surface area (Å²) in [6.07, 6.45) is 4.96. The Kier molecular flexibility index (Phi) is 3.67. The maximum absolute atomic E-state index is 12.2. The zero-order valence-corrected chi connectivity index (χ0v) is 12.8. The van der Waals surface area contributed by atoms with Crippen LogP contribution >= 0.6 is 11.3 Å². The number of nitrogens with two attached hydrogens (primary N) is 1. The number of pyridine rings is 1. The zero-order chi connectivity index (χ0) is 16.6. The minimum absolute atomic E-state index is 0.127. The van der Waals surface area contributed by atoms with E-state index in [9.17, 15) is 9.59 Å². The summed E-state index contributed by atoms with van der Waals surface area (Å²) >= 11 is 0.991. The predicted octanol–water partition coefficient (Wildman–Crippen LogP) is 2.14. The van der Waals surface area contributed by atoms with Crippen molar-refractivity contribution in [3.05, 3.63) is 50.5 Å². The fraction of sp³-hybridized carbons (Fsp3) is 0.0667. The third-order valence-corrected chi connectivity index (χ3v) is 4.43. The molecular formula is C15H12N4O3S. The number of fused-ring (bicyclic) bond motifs is 1. The van der Waals surface area contributed by atoms with Gasteiger partial charge in [0.25, 0.3) is 5.56 Å². The number of aryl methyl sites for hydroxylation is 1. The lowest BCUT2D eigenvalue weighted by Gasteiger charge is -1.96. The van der Waals surface area contributed by atoms with Gasteiger partial charge in [0.1, 0.15) is 21.3 Å². The first-order valence-corrected chi connectivity index (χ1v) is 7.43. The molecule has 8 heteroatoms. The molecule has 0 saturated heterocycles. The molecule has 7 nitrogen and oxygen atoms in total. The monoisotopic (exact) mass is 328 g/mol. The molecule has 3 heterocycles.